The largest absolute Gasteiger partial charge is 0.321 e. The number of para-hydroxylation sites is 1. The van der Waals surface area contributed by atoms with Gasteiger partial charge in [-0.1, -0.05) is 29.8 Å². The zero-order chi connectivity index (χ0) is 16.2. The Bertz CT molecular complexity index is 946. The summed E-state index contributed by atoms with van der Waals surface area (Å²) in [5.41, 5.74) is 3.65. The van der Waals surface area contributed by atoms with Gasteiger partial charge in [0, 0.05) is 16.1 Å². The SMILES string of the molecule is O=C(NN=Cc1cc2ccccc2[nH]c1=O)c1ccc(Cl)cc1. The Morgan fingerprint density at radius 3 is 2.65 bits per heavy atom. The molecule has 0 radical (unpaired) electrons. The molecule has 0 saturated carbocycles. The van der Waals surface area contributed by atoms with Crippen molar-refractivity contribution < 1.29 is 4.79 Å². The molecule has 0 fully saturated rings. The molecule has 0 atom stereocenters. The van der Waals surface area contributed by atoms with Crippen molar-refractivity contribution in [3.63, 3.8) is 0 Å². The van der Waals surface area contributed by atoms with Crippen LogP contribution in [-0.2, 0) is 0 Å². The number of hydrogen-bond acceptors (Lipinski definition) is 3. The van der Waals surface area contributed by atoms with Crippen molar-refractivity contribution in [2.75, 3.05) is 0 Å². The van der Waals surface area contributed by atoms with E-state index in [1.54, 1.807) is 30.3 Å². The van der Waals surface area contributed by atoms with Crippen molar-refractivity contribution in [3.05, 3.63) is 81.1 Å². The van der Waals surface area contributed by atoms with E-state index >= 15 is 0 Å². The highest BCUT2D eigenvalue weighted by Crippen LogP contribution is 2.10. The first-order valence-electron chi connectivity index (χ1n) is 6.84. The normalized spacial score (nSPS) is 11.0. The predicted octanol–water partition coefficient (Wildman–Crippen LogP) is 2.95. The van der Waals surface area contributed by atoms with Gasteiger partial charge in [-0.25, -0.2) is 5.43 Å². The molecule has 6 heteroatoms. The number of carbonyl (C=O) groups excluding carboxylic acids is 1. The number of halogens is 1. The number of nitrogens with one attached hydrogen (secondary N) is 2. The molecule has 3 rings (SSSR count). The summed E-state index contributed by atoms with van der Waals surface area (Å²) in [6.07, 6.45) is 1.32. The van der Waals surface area contributed by atoms with E-state index in [-0.39, 0.29) is 11.5 Å². The second kappa shape index (κ2) is 6.46. The number of carbonyl (C=O) groups is 1. The molecule has 2 aromatic carbocycles. The Morgan fingerprint density at radius 1 is 1.13 bits per heavy atom. The molecule has 2 N–H and O–H groups in total. The van der Waals surface area contributed by atoms with Crippen molar-refractivity contribution >= 4 is 34.6 Å². The second-order valence-corrected chi connectivity index (χ2v) is 5.28. The fourth-order valence-electron chi connectivity index (χ4n) is 2.09. The molecule has 1 amide bonds. The van der Waals surface area contributed by atoms with E-state index in [4.69, 9.17) is 11.6 Å². The Morgan fingerprint density at radius 2 is 1.87 bits per heavy atom. The van der Waals surface area contributed by atoms with Gasteiger partial charge in [0.15, 0.2) is 0 Å². The Hall–Kier alpha value is -2.92. The van der Waals surface area contributed by atoms with Gasteiger partial charge in [0.1, 0.15) is 0 Å². The van der Waals surface area contributed by atoms with Crippen LogP contribution in [0.2, 0.25) is 5.02 Å². The molecule has 23 heavy (non-hydrogen) atoms. The molecular formula is C17H12ClN3O2. The number of hydrazone groups is 1. The van der Waals surface area contributed by atoms with Crippen LogP contribution in [0, 0.1) is 0 Å². The van der Waals surface area contributed by atoms with Gasteiger partial charge in [-0.05, 0) is 41.8 Å². The lowest BCUT2D eigenvalue weighted by Gasteiger charge is -2.00. The van der Waals surface area contributed by atoms with Crippen molar-refractivity contribution in [1.29, 1.82) is 0 Å². The fraction of sp³-hybridized carbons (Fsp3) is 0. The van der Waals surface area contributed by atoms with E-state index in [0.29, 0.717) is 16.1 Å². The topological polar surface area (TPSA) is 74.3 Å². The van der Waals surface area contributed by atoms with Gasteiger partial charge in [0.25, 0.3) is 11.5 Å². The lowest BCUT2D eigenvalue weighted by Crippen LogP contribution is -2.19. The van der Waals surface area contributed by atoms with Crippen molar-refractivity contribution in [1.82, 2.24) is 10.4 Å². The van der Waals surface area contributed by atoms with Crippen molar-refractivity contribution in [2.24, 2.45) is 5.10 Å². The maximum Gasteiger partial charge on any atom is 0.271 e. The summed E-state index contributed by atoms with van der Waals surface area (Å²) >= 11 is 5.77. The molecular weight excluding hydrogens is 314 g/mol. The second-order valence-electron chi connectivity index (χ2n) is 4.85. The summed E-state index contributed by atoms with van der Waals surface area (Å²) < 4.78 is 0. The van der Waals surface area contributed by atoms with Gasteiger partial charge in [-0.3, -0.25) is 9.59 Å². The molecule has 0 saturated heterocycles. The molecule has 1 aromatic heterocycles. The highest BCUT2D eigenvalue weighted by atomic mass is 35.5. The number of hydrogen-bond donors (Lipinski definition) is 2. The monoisotopic (exact) mass is 325 g/mol. The highest BCUT2D eigenvalue weighted by molar-refractivity contribution is 6.30. The number of aromatic amines is 1. The summed E-state index contributed by atoms with van der Waals surface area (Å²) in [6, 6.07) is 15.6. The standard InChI is InChI=1S/C17H12ClN3O2/c18-14-7-5-11(6-8-14)17(23)21-19-10-13-9-12-3-1-2-4-15(12)20-16(13)22/h1-10H,(H,20,22)(H,21,23). The molecule has 114 valence electrons. The van der Waals surface area contributed by atoms with E-state index in [1.807, 2.05) is 24.3 Å². The van der Waals surface area contributed by atoms with Gasteiger partial charge in [-0.2, -0.15) is 5.10 Å². The first-order chi connectivity index (χ1) is 11.1. The van der Waals surface area contributed by atoms with E-state index in [1.165, 1.54) is 6.21 Å². The van der Waals surface area contributed by atoms with Crippen LogP contribution in [0.15, 0.2) is 64.5 Å². The summed E-state index contributed by atoms with van der Waals surface area (Å²) in [4.78, 5) is 26.6. The fourth-order valence-corrected chi connectivity index (χ4v) is 2.21. The summed E-state index contributed by atoms with van der Waals surface area (Å²) in [5.74, 6) is -0.380. The number of pyridine rings is 1. The Balaban J connectivity index is 1.77. The number of aromatic nitrogens is 1. The quantitative estimate of drug-likeness (QED) is 0.574. The average molecular weight is 326 g/mol. The number of rotatable bonds is 3. The summed E-state index contributed by atoms with van der Waals surface area (Å²) in [5, 5.41) is 5.27. The van der Waals surface area contributed by atoms with Crippen molar-refractivity contribution in [2.45, 2.75) is 0 Å². The average Bonchev–Trinajstić information content (AvgIpc) is 2.56. The molecule has 0 aliphatic carbocycles. The smallest absolute Gasteiger partial charge is 0.271 e. The van der Waals surface area contributed by atoms with Crippen molar-refractivity contribution in [3.8, 4) is 0 Å². The first kappa shape index (κ1) is 15.0. The van der Waals surface area contributed by atoms with Gasteiger partial charge in [0.2, 0.25) is 0 Å². The lowest BCUT2D eigenvalue weighted by molar-refractivity contribution is 0.0955. The number of benzene rings is 2. The minimum atomic E-state index is -0.380. The van der Waals surface area contributed by atoms with Gasteiger partial charge >= 0.3 is 0 Å². The first-order valence-corrected chi connectivity index (χ1v) is 7.22. The number of fused-ring (bicyclic) bond motifs is 1. The van der Waals surface area contributed by atoms with Crippen LogP contribution in [-0.4, -0.2) is 17.1 Å². The number of H-pyrrole nitrogens is 1. The molecule has 1 heterocycles. The van der Waals surface area contributed by atoms with E-state index in [2.05, 4.69) is 15.5 Å². The van der Waals surface area contributed by atoms with E-state index in [9.17, 15) is 9.59 Å². The number of amides is 1. The van der Waals surface area contributed by atoms with Gasteiger partial charge in [-0.15, -0.1) is 0 Å². The van der Waals surface area contributed by atoms with Crippen LogP contribution >= 0.6 is 11.6 Å². The van der Waals surface area contributed by atoms with Gasteiger partial charge < -0.3 is 4.98 Å². The summed E-state index contributed by atoms with van der Waals surface area (Å²) in [7, 11) is 0. The van der Waals surface area contributed by atoms with Crippen LogP contribution in [0.1, 0.15) is 15.9 Å². The molecule has 0 unspecified atom stereocenters. The van der Waals surface area contributed by atoms with E-state index in [0.717, 1.165) is 10.9 Å². The molecule has 0 spiro atoms. The van der Waals surface area contributed by atoms with Crippen LogP contribution in [0.5, 0.6) is 0 Å². The third-order valence-corrected chi connectivity index (χ3v) is 3.51. The minimum Gasteiger partial charge on any atom is -0.321 e. The van der Waals surface area contributed by atoms with Gasteiger partial charge in [0.05, 0.1) is 11.8 Å². The highest BCUT2D eigenvalue weighted by Gasteiger charge is 2.04. The van der Waals surface area contributed by atoms with Crippen LogP contribution < -0.4 is 11.0 Å². The molecule has 5 nitrogen and oxygen atoms in total. The van der Waals surface area contributed by atoms with Crippen LogP contribution in [0.25, 0.3) is 10.9 Å². The predicted molar refractivity (Wildman–Crippen MR) is 91.1 cm³/mol. The zero-order valence-electron chi connectivity index (χ0n) is 11.9. The minimum absolute atomic E-state index is 0.270. The van der Waals surface area contributed by atoms with Crippen LogP contribution in [0.4, 0.5) is 0 Å². The van der Waals surface area contributed by atoms with Crippen LogP contribution in [0.3, 0.4) is 0 Å². The van der Waals surface area contributed by atoms with E-state index < -0.39 is 0 Å². The maximum atomic E-state index is 11.9. The number of nitrogens with zero attached hydrogens (tertiary/aromatic N) is 1. The Labute approximate surface area is 136 Å². The third-order valence-electron chi connectivity index (χ3n) is 3.26. The molecule has 3 aromatic rings. The molecule has 0 bridgehead atoms. The Kier molecular flexibility index (Phi) is 4.21. The third kappa shape index (κ3) is 3.46. The molecule has 0 aliphatic rings. The summed E-state index contributed by atoms with van der Waals surface area (Å²) in [6.45, 7) is 0. The lowest BCUT2D eigenvalue weighted by atomic mass is 10.2. The molecule has 0 aliphatic heterocycles. The maximum absolute atomic E-state index is 11.9. The zero-order valence-corrected chi connectivity index (χ0v) is 12.7.